The molecule has 4 aromatic rings. The molecule has 10 heteroatoms. The third-order valence-electron chi connectivity index (χ3n) is 8.04. The third kappa shape index (κ3) is 2.88. The normalized spacial score (nSPS) is 25.7. The van der Waals surface area contributed by atoms with E-state index < -0.39 is 46.1 Å². The maximum Gasteiger partial charge on any atom is 0.271 e. The van der Waals surface area contributed by atoms with Crippen molar-refractivity contribution in [3.05, 3.63) is 100 Å². The zero-order valence-corrected chi connectivity index (χ0v) is 19.9. The first-order valence-electron chi connectivity index (χ1n) is 12.3. The van der Waals surface area contributed by atoms with E-state index in [1.54, 1.807) is 24.3 Å². The van der Waals surface area contributed by atoms with Gasteiger partial charge in [0.1, 0.15) is 5.54 Å². The van der Waals surface area contributed by atoms with Gasteiger partial charge in [-0.3, -0.25) is 29.8 Å². The molecular weight excluding hydrogens is 486 g/mol. The van der Waals surface area contributed by atoms with Crippen molar-refractivity contribution in [3.8, 4) is 0 Å². The molecule has 188 valence electrons. The van der Waals surface area contributed by atoms with Crippen molar-refractivity contribution in [3.63, 3.8) is 0 Å². The first-order chi connectivity index (χ1) is 18.4. The number of H-pyrrole nitrogens is 1. The van der Waals surface area contributed by atoms with Crippen molar-refractivity contribution >= 4 is 45.7 Å². The number of amides is 3. The van der Waals surface area contributed by atoms with Crippen LogP contribution in [0.3, 0.4) is 0 Å². The van der Waals surface area contributed by atoms with Gasteiger partial charge in [0.05, 0.1) is 22.4 Å². The molecule has 3 aromatic carbocycles. The topological polar surface area (TPSA) is 137 Å². The van der Waals surface area contributed by atoms with Gasteiger partial charge < -0.3 is 10.3 Å². The summed E-state index contributed by atoms with van der Waals surface area (Å²) in [5.41, 5.74) is 1.55. The smallest absolute Gasteiger partial charge is 0.271 e. The largest absolute Gasteiger partial charge is 0.361 e. The quantitative estimate of drug-likeness (QED) is 0.220. The summed E-state index contributed by atoms with van der Waals surface area (Å²) >= 11 is 0. The van der Waals surface area contributed by atoms with Gasteiger partial charge in [0.15, 0.2) is 0 Å². The highest BCUT2D eigenvalue weighted by Crippen LogP contribution is 2.54. The van der Waals surface area contributed by atoms with Crippen LogP contribution in [0.4, 0.5) is 17.1 Å². The lowest BCUT2D eigenvalue weighted by Crippen LogP contribution is -2.53. The minimum Gasteiger partial charge on any atom is -0.361 e. The fraction of sp³-hybridized carbons (Fsp3) is 0.179. The van der Waals surface area contributed by atoms with Gasteiger partial charge in [0.25, 0.3) is 5.69 Å². The Morgan fingerprint density at radius 3 is 2.58 bits per heavy atom. The van der Waals surface area contributed by atoms with Crippen LogP contribution in [0.25, 0.3) is 10.9 Å². The minimum absolute atomic E-state index is 0.122. The summed E-state index contributed by atoms with van der Waals surface area (Å²) in [6.45, 7) is 0. The van der Waals surface area contributed by atoms with Crippen LogP contribution in [0.15, 0.2) is 79.0 Å². The highest BCUT2D eigenvalue weighted by molar-refractivity contribution is 6.26. The van der Waals surface area contributed by atoms with E-state index in [1.165, 1.54) is 24.3 Å². The summed E-state index contributed by atoms with van der Waals surface area (Å²) in [6.07, 6.45) is 2.28. The molecule has 10 nitrogen and oxygen atoms in total. The van der Waals surface area contributed by atoms with Gasteiger partial charge in [-0.2, -0.15) is 0 Å². The molecule has 4 heterocycles. The number of fused-ring (bicyclic) bond motifs is 5. The number of aromatic amines is 1. The number of imide groups is 1. The number of para-hydroxylation sites is 2. The number of carbonyl (C=O) groups excluding carboxylic acids is 3. The molecular formula is C28H21N5O5. The number of nitrogens with zero attached hydrogens (tertiary/aromatic N) is 2. The second-order valence-electron chi connectivity index (χ2n) is 9.91. The zero-order valence-electron chi connectivity index (χ0n) is 19.9. The van der Waals surface area contributed by atoms with Gasteiger partial charge in [-0.25, -0.2) is 4.90 Å². The highest BCUT2D eigenvalue weighted by atomic mass is 16.6. The Morgan fingerprint density at radius 1 is 0.947 bits per heavy atom. The van der Waals surface area contributed by atoms with Crippen LogP contribution >= 0.6 is 0 Å². The molecule has 7 rings (SSSR count). The summed E-state index contributed by atoms with van der Waals surface area (Å²) in [5.74, 6) is -3.30. The molecule has 4 atom stereocenters. The van der Waals surface area contributed by atoms with Crippen LogP contribution in [0.2, 0.25) is 0 Å². The van der Waals surface area contributed by atoms with E-state index in [0.29, 0.717) is 17.7 Å². The third-order valence-corrected chi connectivity index (χ3v) is 8.04. The number of non-ortho nitro benzene ring substituents is 1. The molecule has 0 aliphatic carbocycles. The molecule has 1 spiro atoms. The van der Waals surface area contributed by atoms with Gasteiger partial charge >= 0.3 is 0 Å². The van der Waals surface area contributed by atoms with Crippen LogP contribution < -0.4 is 15.5 Å². The first kappa shape index (κ1) is 22.4. The molecule has 0 bridgehead atoms. The number of aromatic nitrogens is 1. The Kier molecular flexibility index (Phi) is 4.61. The van der Waals surface area contributed by atoms with Crippen molar-refractivity contribution in [2.24, 2.45) is 11.8 Å². The highest BCUT2D eigenvalue weighted by Gasteiger charge is 2.70. The summed E-state index contributed by atoms with van der Waals surface area (Å²) in [5, 5.41) is 18.7. The van der Waals surface area contributed by atoms with E-state index in [1.807, 2.05) is 30.5 Å². The Labute approximate surface area is 215 Å². The summed E-state index contributed by atoms with van der Waals surface area (Å²) < 4.78 is 0. The number of nitrogens with one attached hydrogen (secondary N) is 3. The van der Waals surface area contributed by atoms with E-state index in [0.717, 1.165) is 21.4 Å². The number of nitro groups is 1. The Bertz CT molecular complexity index is 1700. The maximum absolute atomic E-state index is 14.1. The van der Waals surface area contributed by atoms with Crippen molar-refractivity contribution in [2.45, 2.75) is 18.0 Å². The summed E-state index contributed by atoms with van der Waals surface area (Å²) in [6, 6.07) is 19.9. The number of benzene rings is 3. The van der Waals surface area contributed by atoms with Crippen LogP contribution in [-0.4, -0.2) is 33.7 Å². The van der Waals surface area contributed by atoms with Crippen LogP contribution in [0.5, 0.6) is 0 Å². The van der Waals surface area contributed by atoms with E-state index in [4.69, 9.17) is 0 Å². The van der Waals surface area contributed by atoms with E-state index >= 15 is 0 Å². The lowest BCUT2D eigenvalue weighted by molar-refractivity contribution is -0.384. The molecule has 0 saturated carbocycles. The van der Waals surface area contributed by atoms with Gasteiger partial charge in [-0.1, -0.05) is 42.5 Å². The van der Waals surface area contributed by atoms with Crippen molar-refractivity contribution < 1.29 is 19.3 Å². The predicted octanol–water partition coefficient (Wildman–Crippen LogP) is 3.24. The van der Waals surface area contributed by atoms with Gasteiger partial charge in [0.2, 0.25) is 17.7 Å². The van der Waals surface area contributed by atoms with Crippen molar-refractivity contribution in [1.82, 2.24) is 10.3 Å². The molecule has 3 aliphatic heterocycles. The van der Waals surface area contributed by atoms with Gasteiger partial charge in [-0.15, -0.1) is 0 Å². The number of hydrogen-bond acceptors (Lipinski definition) is 6. The standard InChI is InChI=1S/C28H21N5O5/c34-25-23-22(12-15-14-29-20-10-3-1-8-18(15)20)31-28(19-9-2-4-11-21(19)30-27(28)36)24(23)26(35)32(25)16-6-5-7-17(13-16)33(37)38/h1-11,13-14,22-24,29,31H,12H2,(H,30,36)/t22-,23-,24+,28+/m1/s1. The molecule has 2 fully saturated rings. The average Bonchev–Trinajstić information content (AvgIpc) is 3.63. The molecule has 0 radical (unpaired) electrons. The van der Waals surface area contributed by atoms with Crippen molar-refractivity contribution in [2.75, 3.05) is 10.2 Å². The minimum atomic E-state index is -1.44. The average molecular weight is 508 g/mol. The molecule has 1 aromatic heterocycles. The Hall–Kier alpha value is -4.83. The molecule has 2 saturated heterocycles. The van der Waals surface area contributed by atoms with Crippen LogP contribution in [-0.2, 0) is 26.3 Å². The van der Waals surface area contributed by atoms with Gasteiger partial charge in [0, 0.05) is 46.5 Å². The molecule has 3 N–H and O–H groups in total. The van der Waals surface area contributed by atoms with Crippen LogP contribution in [0, 0.1) is 22.0 Å². The van der Waals surface area contributed by atoms with E-state index in [9.17, 15) is 24.5 Å². The van der Waals surface area contributed by atoms with Gasteiger partial charge in [-0.05, 0) is 30.2 Å². The first-order valence-corrected chi connectivity index (χ1v) is 12.3. The number of rotatable bonds is 4. The van der Waals surface area contributed by atoms with Crippen molar-refractivity contribution in [1.29, 1.82) is 0 Å². The fourth-order valence-electron chi connectivity index (χ4n) is 6.47. The Morgan fingerprint density at radius 2 is 1.74 bits per heavy atom. The number of carbonyl (C=O) groups is 3. The molecule has 3 aliphatic rings. The maximum atomic E-state index is 14.1. The zero-order chi connectivity index (χ0) is 26.2. The number of anilines is 2. The Balaban J connectivity index is 1.37. The van der Waals surface area contributed by atoms with Crippen LogP contribution in [0.1, 0.15) is 11.1 Å². The molecule has 0 unspecified atom stereocenters. The lowest BCUT2D eigenvalue weighted by Gasteiger charge is -2.29. The van der Waals surface area contributed by atoms with E-state index in [2.05, 4.69) is 15.6 Å². The second kappa shape index (κ2) is 7.83. The van der Waals surface area contributed by atoms with E-state index in [-0.39, 0.29) is 11.4 Å². The number of nitro benzene ring substituents is 1. The summed E-state index contributed by atoms with van der Waals surface area (Å²) in [7, 11) is 0. The molecule has 3 amide bonds. The monoisotopic (exact) mass is 507 g/mol. The lowest BCUT2D eigenvalue weighted by atomic mass is 9.76. The SMILES string of the molecule is O=C1[C@H]2[C@@H](C(=O)N1c1cccc([N+](=O)[O-])c1)[C@]1(N[C@@H]2Cc2c[nH]c3ccccc23)C(=O)Nc2ccccc21. The summed E-state index contributed by atoms with van der Waals surface area (Å²) in [4.78, 5) is 56.8. The number of hydrogen-bond donors (Lipinski definition) is 3. The second-order valence-corrected chi connectivity index (χ2v) is 9.91. The molecule has 38 heavy (non-hydrogen) atoms. The predicted molar refractivity (Wildman–Crippen MR) is 138 cm³/mol. The fourth-order valence-corrected chi connectivity index (χ4v) is 6.47.